The van der Waals surface area contributed by atoms with Crippen LogP contribution in [0.4, 0.5) is 9.93 Å². The molecule has 0 aliphatic carbocycles. The predicted molar refractivity (Wildman–Crippen MR) is 137 cm³/mol. The van der Waals surface area contributed by atoms with E-state index in [-0.39, 0.29) is 21.7 Å². The van der Waals surface area contributed by atoms with Crippen LogP contribution in [0.2, 0.25) is 4.34 Å². The fraction of sp³-hybridized carbons (Fsp3) is 0.636. The second kappa shape index (κ2) is 11.2. The van der Waals surface area contributed by atoms with Crippen LogP contribution in [-0.4, -0.2) is 70.0 Å². The first-order chi connectivity index (χ1) is 16.8. The van der Waals surface area contributed by atoms with Gasteiger partial charge in [-0.15, -0.1) is 0 Å². The van der Waals surface area contributed by atoms with Gasteiger partial charge in [0.15, 0.2) is 10.8 Å². The highest BCUT2D eigenvalue weighted by Gasteiger charge is 2.41. The minimum atomic E-state index is -1.60. The van der Waals surface area contributed by atoms with E-state index in [0.29, 0.717) is 0 Å². The molecule has 3 amide bonds. The summed E-state index contributed by atoms with van der Waals surface area (Å²) in [5, 5.41) is 11.4. The molecule has 0 aromatic carbocycles. The number of ether oxygens (including phenoxy) is 2. The molecular weight excluding hydrogens is 528 g/mol. The summed E-state index contributed by atoms with van der Waals surface area (Å²) >= 11 is 7.17. The van der Waals surface area contributed by atoms with Crippen molar-refractivity contribution >= 4 is 57.7 Å². The Bertz CT molecular complexity index is 1090. The van der Waals surface area contributed by atoms with Gasteiger partial charge in [0.05, 0.1) is 6.04 Å². The lowest BCUT2D eigenvalue weighted by Crippen LogP contribution is -2.71. The Morgan fingerprint density at radius 1 is 1.11 bits per heavy atom. The lowest BCUT2D eigenvalue weighted by Gasteiger charge is -2.36. The summed E-state index contributed by atoms with van der Waals surface area (Å²) in [6, 6.07) is -1.40. The molecule has 2 atom stereocenters. The fourth-order valence-corrected chi connectivity index (χ4v) is 3.73. The SMILES string of the molecule is CC(C)(C)OC(=O)Nc1nc(C(=NOC(C)(C)C(=O)OC(C)(C)C)C(=O)NC2C(=O)NC2CN)c(Cl)s1. The number of nitrogens with one attached hydrogen (secondary N) is 3. The molecule has 1 aromatic heterocycles. The monoisotopic (exact) mass is 560 g/mol. The number of aromatic nitrogens is 1. The highest BCUT2D eigenvalue weighted by atomic mass is 35.5. The second-order valence-electron chi connectivity index (χ2n) is 10.6. The quantitative estimate of drug-likeness (QED) is 0.160. The van der Waals surface area contributed by atoms with Crippen molar-refractivity contribution in [1.82, 2.24) is 15.6 Å². The van der Waals surface area contributed by atoms with Gasteiger partial charge in [0, 0.05) is 6.54 Å². The van der Waals surface area contributed by atoms with Crippen LogP contribution in [0.5, 0.6) is 0 Å². The van der Waals surface area contributed by atoms with E-state index in [4.69, 9.17) is 31.6 Å². The summed E-state index contributed by atoms with van der Waals surface area (Å²) in [4.78, 5) is 59.4. The van der Waals surface area contributed by atoms with Gasteiger partial charge in [-0.05, 0) is 55.4 Å². The number of carbonyl (C=O) groups is 4. The van der Waals surface area contributed by atoms with Crippen molar-refractivity contribution in [2.24, 2.45) is 10.9 Å². The average molecular weight is 561 g/mol. The molecule has 1 saturated heterocycles. The standard InChI is InChI=1S/C22H33ClN6O7S/c1-20(2,3)34-17(32)22(7,8)36-29-13(16(31)26-11-10(9-24)25-15(11)30)12-14(23)37-18(27-12)28-19(33)35-21(4,5)6/h10-11H,9,24H2,1-8H3,(H,25,30)(H,26,31)(H,27,28,33). The molecule has 2 rings (SSSR count). The lowest BCUT2D eigenvalue weighted by atomic mass is 9.99. The Hall–Kier alpha value is -2.97. The molecule has 0 radical (unpaired) electrons. The molecule has 1 aromatic rings. The van der Waals surface area contributed by atoms with E-state index in [0.717, 1.165) is 11.3 Å². The molecule has 15 heteroatoms. The number of thiazole rings is 1. The summed E-state index contributed by atoms with van der Waals surface area (Å²) in [7, 11) is 0. The van der Waals surface area contributed by atoms with Crippen LogP contribution in [0.1, 0.15) is 61.1 Å². The highest BCUT2D eigenvalue weighted by molar-refractivity contribution is 7.20. The van der Waals surface area contributed by atoms with Crippen molar-refractivity contribution in [3.05, 3.63) is 10.0 Å². The van der Waals surface area contributed by atoms with Crippen LogP contribution in [0.15, 0.2) is 5.16 Å². The van der Waals surface area contributed by atoms with E-state index in [1.165, 1.54) is 13.8 Å². The lowest BCUT2D eigenvalue weighted by molar-refractivity contribution is -0.179. The van der Waals surface area contributed by atoms with Crippen molar-refractivity contribution in [3.8, 4) is 0 Å². The molecule has 2 unspecified atom stereocenters. The van der Waals surface area contributed by atoms with Gasteiger partial charge in [-0.3, -0.25) is 14.9 Å². The third-order valence-electron chi connectivity index (χ3n) is 4.44. The number of esters is 1. The van der Waals surface area contributed by atoms with Crippen LogP contribution in [-0.2, 0) is 28.7 Å². The molecular formula is C22H33ClN6O7S. The number of β-lactam (4-membered cyclic amide) rings is 1. The number of hydrogen-bond donors (Lipinski definition) is 4. The summed E-state index contributed by atoms with van der Waals surface area (Å²) in [6.45, 7) is 13.0. The Kier molecular flexibility index (Phi) is 9.15. The highest BCUT2D eigenvalue weighted by Crippen LogP contribution is 2.30. The van der Waals surface area contributed by atoms with Crippen LogP contribution in [0.25, 0.3) is 0 Å². The number of hydrogen-bond acceptors (Lipinski definition) is 11. The van der Waals surface area contributed by atoms with Crippen molar-refractivity contribution in [2.75, 3.05) is 11.9 Å². The van der Waals surface area contributed by atoms with Gasteiger partial charge < -0.3 is 30.7 Å². The zero-order valence-electron chi connectivity index (χ0n) is 22.0. The fourth-order valence-electron chi connectivity index (χ4n) is 2.70. The molecule has 1 aliphatic heterocycles. The summed E-state index contributed by atoms with van der Waals surface area (Å²) in [6.07, 6.45) is -0.786. The van der Waals surface area contributed by atoms with E-state index >= 15 is 0 Å². The van der Waals surface area contributed by atoms with Crippen LogP contribution in [0, 0.1) is 0 Å². The van der Waals surface area contributed by atoms with Gasteiger partial charge >= 0.3 is 12.1 Å². The summed E-state index contributed by atoms with van der Waals surface area (Å²) in [5.74, 6) is -2.04. The maximum atomic E-state index is 13.2. The second-order valence-corrected chi connectivity index (χ2v) is 12.2. The first-order valence-electron chi connectivity index (χ1n) is 11.3. The number of nitrogens with zero attached hydrogens (tertiary/aromatic N) is 2. The van der Waals surface area contributed by atoms with Gasteiger partial charge in [0.1, 0.15) is 27.3 Å². The maximum absolute atomic E-state index is 13.2. The number of halogens is 1. The number of amides is 3. The van der Waals surface area contributed by atoms with Gasteiger partial charge in [0.25, 0.3) is 5.91 Å². The molecule has 1 fully saturated rings. The van der Waals surface area contributed by atoms with E-state index < -0.39 is 58.5 Å². The third-order valence-corrected chi connectivity index (χ3v) is 5.61. The zero-order valence-corrected chi connectivity index (χ0v) is 23.5. The van der Waals surface area contributed by atoms with E-state index in [1.54, 1.807) is 41.5 Å². The molecule has 1 aliphatic rings. The van der Waals surface area contributed by atoms with Gasteiger partial charge in [-0.25, -0.2) is 14.6 Å². The molecule has 5 N–H and O–H groups in total. The van der Waals surface area contributed by atoms with Crippen LogP contribution in [0.3, 0.4) is 0 Å². The van der Waals surface area contributed by atoms with Gasteiger partial charge in [-0.2, -0.15) is 0 Å². The Labute approximate surface area is 223 Å². The third kappa shape index (κ3) is 8.54. The number of rotatable bonds is 8. The van der Waals surface area contributed by atoms with E-state index in [1.807, 2.05) is 0 Å². The molecule has 37 heavy (non-hydrogen) atoms. The minimum absolute atomic E-state index is 0.0161. The largest absolute Gasteiger partial charge is 0.457 e. The van der Waals surface area contributed by atoms with Crippen molar-refractivity contribution < 1.29 is 33.5 Å². The molecule has 0 bridgehead atoms. The number of nitrogens with two attached hydrogens (primary N) is 1. The number of carbonyl (C=O) groups excluding carboxylic acids is 4. The summed E-state index contributed by atoms with van der Waals surface area (Å²) < 4.78 is 10.5. The Balaban J connectivity index is 2.37. The van der Waals surface area contributed by atoms with Crippen LogP contribution < -0.4 is 21.7 Å². The first-order valence-corrected chi connectivity index (χ1v) is 12.5. The number of oxime groups is 1. The minimum Gasteiger partial charge on any atom is -0.457 e. The zero-order chi connectivity index (χ0) is 28.3. The predicted octanol–water partition coefficient (Wildman–Crippen LogP) is 1.93. The average Bonchev–Trinajstić information content (AvgIpc) is 3.06. The van der Waals surface area contributed by atoms with Crippen molar-refractivity contribution in [3.63, 3.8) is 0 Å². The van der Waals surface area contributed by atoms with E-state index in [9.17, 15) is 19.2 Å². The number of anilines is 1. The molecule has 206 valence electrons. The first kappa shape index (κ1) is 30.3. The van der Waals surface area contributed by atoms with Gasteiger partial charge in [-0.1, -0.05) is 28.1 Å². The Morgan fingerprint density at radius 2 is 1.70 bits per heavy atom. The molecule has 0 saturated carbocycles. The molecule has 0 spiro atoms. The van der Waals surface area contributed by atoms with Crippen molar-refractivity contribution in [1.29, 1.82) is 0 Å². The smallest absolute Gasteiger partial charge is 0.413 e. The van der Waals surface area contributed by atoms with Gasteiger partial charge in [0.2, 0.25) is 11.5 Å². The molecule has 13 nitrogen and oxygen atoms in total. The Morgan fingerprint density at radius 3 is 2.22 bits per heavy atom. The van der Waals surface area contributed by atoms with E-state index in [2.05, 4.69) is 26.1 Å². The molecule has 2 heterocycles. The van der Waals surface area contributed by atoms with Crippen molar-refractivity contribution in [2.45, 2.75) is 84.3 Å². The van der Waals surface area contributed by atoms with Crippen LogP contribution >= 0.6 is 22.9 Å². The maximum Gasteiger partial charge on any atom is 0.413 e. The summed E-state index contributed by atoms with van der Waals surface area (Å²) in [5.41, 5.74) is 1.86. The topological polar surface area (TPSA) is 183 Å². The normalized spacial score (nSPS) is 18.3.